The van der Waals surface area contributed by atoms with E-state index in [4.69, 9.17) is 11.6 Å². The number of sulfone groups is 1. The van der Waals surface area contributed by atoms with Gasteiger partial charge in [-0.1, -0.05) is 189 Å². The van der Waals surface area contributed by atoms with E-state index in [0.717, 1.165) is 112 Å². The summed E-state index contributed by atoms with van der Waals surface area (Å²) in [5.74, 6) is -0.429. The molecule has 9 aromatic rings. The Bertz CT molecular complexity index is 4660. The minimum Gasteiger partial charge on any atom is -0.344 e. The highest BCUT2D eigenvalue weighted by molar-refractivity contribution is 7.91. The molecule has 0 radical (unpaired) electrons. The van der Waals surface area contributed by atoms with Gasteiger partial charge in [-0.2, -0.15) is 9.15 Å². The number of hydrogen-bond donors (Lipinski definition) is 0. The summed E-state index contributed by atoms with van der Waals surface area (Å²) in [6, 6.07) is 63.5. The summed E-state index contributed by atoms with van der Waals surface area (Å²) < 4.78 is 36.2. The number of benzene rings is 9. The zero-order valence-electron chi connectivity index (χ0n) is 54.2. The standard InChI is InChI=1S/C82H85ClN4O2S/c1-11-13-49-84-68-48-44-63(83)51-67(68)81(9,52-58-37-33-56(3)34-38-58)74(84)31-21-29-72-79(5,6)76-64-26-18-15-23-60(64)41-45-69(76)86(72)54-90(88,89)55-87-70-46-42-61-24-16-19-27-65(61)77(70)80(7,8)73(87)30-22-32-75-82(10,53-59-39-35-57(4)36-40-59)78-66-28-20-17-25-62(66)43-47-71(78)85(75)50-14-12-2/h15-48,51H,11-14,49-50,52-55H2,1-10H3/q+2. The number of rotatable bonds is 18. The predicted octanol–water partition coefficient (Wildman–Crippen LogP) is 19.7. The first-order valence-electron chi connectivity index (χ1n) is 32.6. The van der Waals surface area contributed by atoms with Crippen LogP contribution in [0.25, 0.3) is 32.3 Å². The monoisotopic (exact) mass is 1220 g/mol. The largest absolute Gasteiger partial charge is 0.344 e. The van der Waals surface area contributed by atoms with Crippen LogP contribution in [0.3, 0.4) is 0 Å². The molecule has 0 N–H and O–H groups in total. The van der Waals surface area contributed by atoms with Crippen LogP contribution in [0, 0.1) is 13.8 Å². The Morgan fingerprint density at radius 1 is 0.478 bits per heavy atom. The normalized spacial score (nSPS) is 20.1. The SMILES string of the molecule is CCCCN1C(=CC=CC2=[N+](CS(=O)(=O)C[N+]3=C(C=CC=C4N(CCCC)c5ccc6ccccc6c5C4(C)Cc4ccc(C)cc4)C(C)(C)c4c3ccc3ccccc43)c3ccc4ccccc4c3C2(C)C)C(C)(Cc2ccc(C)cc2)c2cc(Cl)ccc21. The number of nitrogens with zero attached hydrogens (tertiary/aromatic N) is 4. The topological polar surface area (TPSA) is 46.6 Å². The summed E-state index contributed by atoms with van der Waals surface area (Å²) in [6.45, 7) is 24.4. The maximum absolute atomic E-state index is 16.0. The van der Waals surface area contributed by atoms with Crippen LogP contribution in [0.4, 0.5) is 22.7 Å². The molecule has 4 heterocycles. The zero-order valence-corrected chi connectivity index (χ0v) is 55.7. The Morgan fingerprint density at radius 2 is 0.889 bits per heavy atom. The lowest BCUT2D eigenvalue weighted by atomic mass is 9.74. The maximum atomic E-state index is 16.0. The molecule has 4 aliphatic heterocycles. The van der Waals surface area contributed by atoms with E-state index in [-0.39, 0.29) is 17.2 Å². The average Bonchev–Trinajstić information content (AvgIpc) is 1.60. The molecule has 8 heteroatoms. The number of fused-ring (bicyclic) bond motifs is 10. The first-order chi connectivity index (χ1) is 43.3. The van der Waals surface area contributed by atoms with E-state index in [2.05, 4.69) is 295 Å². The van der Waals surface area contributed by atoms with E-state index in [9.17, 15) is 0 Å². The Hall–Kier alpha value is -8.10. The third kappa shape index (κ3) is 10.6. The van der Waals surface area contributed by atoms with E-state index in [0.29, 0.717) is 0 Å². The lowest BCUT2D eigenvalue weighted by Crippen LogP contribution is -2.33. The zero-order chi connectivity index (χ0) is 62.9. The smallest absolute Gasteiger partial charge is 0.270 e. The third-order valence-corrected chi connectivity index (χ3v) is 21.8. The van der Waals surface area contributed by atoms with Crippen molar-refractivity contribution >= 4 is 87.9 Å². The summed E-state index contributed by atoms with van der Waals surface area (Å²) in [7, 11) is -3.95. The van der Waals surface area contributed by atoms with Gasteiger partial charge < -0.3 is 9.80 Å². The molecule has 456 valence electrons. The molecule has 0 aromatic heterocycles. The number of hydrogen-bond acceptors (Lipinski definition) is 4. The second kappa shape index (κ2) is 23.6. The molecule has 2 unspecified atom stereocenters. The van der Waals surface area contributed by atoms with E-state index in [1.165, 1.54) is 66.9 Å². The van der Waals surface area contributed by atoms with Crippen molar-refractivity contribution in [2.24, 2.45) is 0 Å². The van der Waals surface area contributed by atoms with Gasteiger partial charge in [0.05, 0.1) is 10.8 Å². The summed E-state index contributed by atoms with van der Waals surface area (Å²) >= 11 is 6.88. The van der Waals surface area contributed by atoms with Crippen molar-refractivity contribution in [2.45, 2.75) is 129 Å². The van der Waals surface area contributed by atoms with Gasteiger partial charge in [0.1, 0.15) is 0 Å². The van der Waals surface area contributed by atoms with Crippen LogP contribution in [0.5, 0.6) is 0 Å². The van der Waals surface area contributed by atoms with Crippen LogP contribution in [0.2, 0.25) is 5.02 Å². The number of anilines is 2. The lowest BCUT2D eigenvalue weighted by molar-refractivity contribution is -0.427. The molecular formula is C82H85ClN4O2S+2. The molecule has 0 aliphatic carbocycles. The molecule has 9 aromatic carbocycles. The Kier molecular flexibility index (Phi) is 15.9. The van der Waals surface area contributed by atoms with Crippen molar-refractivity contribution in [3.05, 3.63) is 273 Å². The fraction of sp³-hybridized carbons (Fsp3) is 0.293. The second-order valence-corrected chi connectivity index (χ2v) is 29.8. The molecule has 13 rings (SSSR count). The van der Waals surface area contributed by atoms with Gasteiger partial charge in [-0.25, -0.2) is 8.42 Å². The number of allylic oxidation sites excluding steroid dienone is 8. The van der Waals surface area contributed by atoms with Crippen molar-refractivity contribution in [3.63, 3.8) is 0 Å². The van der Waals surface area contributed by atoms with Gasteiger partial charge in [-0.15, -0.1) is 0 Å². The molecule has 0 amide bonds. The predicted molar refractivity (Wildman–Crippen MR) is 381 cm³/mol. The third-order valence-electron chi connectivity index (χ3n) is 20.3. The molecule has 0 saturated heterocycles. The van der Waals surface area contributed by atoms with E-state index in [1.54, 1.807) is 0 Å². The molecule has 6 nitrogen and oxygen atoms in total. The van der Waals surface area contributed by atoms with Crippen LogP contribution in [0.1, 0.15) is 126 Å². The highest BCUT2D eigenvalue weighted by Gasteiger charge is 2.51. The molecule has 4 aliphatic rings. The van der Waals surface area contributed by atoms with Gasteiger partial charge in [0, 0.05) is 87.1 Å². The van der Waals surface area contributed by atoms with Gasteiger partial charge in [-0.05, 0) is 184 Å². The molecule has 0 fully saturated rings. The lowest BCUT2D eigenvalue weighted by Gasteiger charge is -2.31. The van der Waals surface area contributed by atoms with E-state index in [1.807, 2.05) is 6.07 Å². The first-order valence-corrected chi connectivity index (χ1v) is 34.8. The van der Waals surface area contributed by atoms with Gasteiger partial charge >= 0.3 is 0 Å². The number of aryl methyl sites for hydroxylation is 2. The van der Waals surface area contributed by atoms with E-state index >= 15 is 8.42 Å². The molecule has 0 spiro atoms. The Labute approximate surface area is 539 Å². The summed E-state index contributed by atoms with van der Waals surface area (Å²) in [6.07, 6.45) is 19.3. The highest BCUT2D eigenvalue weighted by atomic mass is 35.5. The van der Waals surface area contributed by atoms with Gasteiger partial charge in [0.15, 0.2) is 11.4 Å². The Morgan fingerprint density at radius 3 is 1.37 bits per heavy atom. The van der Waals surface area contributed by atoms with Gasteiger partial charge in [0.25, 0.3) is 21.6 Å². The van der Waals surface area contributed by atoms with Crippen molar-refractivity contribution in [3.8, 4) is 0 Å². The molecular weight excluding hydrogens is 1140 g/mol. The van der Waals surface area contributed by atoms with Crippen LogP contribution < -0.4 is 9.80 Å². The average molecular weight is 1230 g/mol. The van der Waals surface area contributed by atoms with E-state index < -0.39 is 26.1 Å². The minimum atomic E-state index is -3.95. The molecule has 2 atom stereocenters. The molecule has 0 bridgehead atoms. The quantitative estimate of drug-likeness (QED) is 0.0803. The van der Waals surface area contributed by atoms with Gasteiger partial charge in [-0.3, -0.25) is 0 Å². The second-order valence-electron chi connectivity index (χ2n) is 27.4. The number of halogens is 1. The fourth-order valence-corrected chi connectivity index (χ4v) is 17.5. The van der Waals surface area contributed by atoms with Gasteiger partial charge in [0.2, 0.25) is 11.4 Å². The summed E-state index contributed by atoms with van der Waals surface area (Å²) in [4.78, 5) is 5.08. The van der Waals surface area contributed by atoms with Crippen molar-refractivity contribution < 1.29 is 17.6 Å². The summed E-state index contributed by atoms with van der Waals surface area (Å²) in [5.41, 5.74) is 16.6. The number of unbranched alkanes of at least 4 members (excludes halogenated alkanes) is 2. The first kappa shape index (κ1) is 60.8. The van der Waals surface area contributed by atoms with Crippen LogP contribution in [-0.2, 0) is 44.3 Å². The maximum Gasteiger partial charge on any atom is 0.270 e. The van der Waals surface area contributed by atoms with Crippen LogP contribution >= 0.6 is 11.6 Å². The van der Waals surface area contributed by atoms with Crippen LogP contribution in [-0.4, -0.2) is 53.8 Å². The van der Waals surface area contributed by atoms with Crippen molar-refractivity contribution in [1.82, 2.24) is 0 Å². The minimum absolute atomic E-state index is 0.214. The molecule has 0 saturated carbocycles. The summed E-state index contributed by atoms with van der Waals surface area (Å²) in [5, 5.41) is 7.77. The van der Waals surface area contributed by atoms with Crippen LogP contribution in [0.15, 0.2) is 224 Å². The Balaban J connectivity index is 0.942. The fourth-order valence-electron chi connectivity index (χ4n) is 15.9. The van der Waals surface area contributed by atoms with Crippen molar-refractivity contribution in [2.75, 3.05) is 34.6 Å². The highest BCUT2D eigenvalue weighted by Crippen LogP contribution is 2.54. The molecule has 90 heavy (non-hydrogen) atoms. The van der Waals surface area contributed by atoms with Crippen molar-refractivity contribution in [1.29, 1.82) is 0 Å².